The average molecular weight is 710 g/mol. The molecule has 9 heteroatoms. The molecule has 4 rings (SSSR count). The summed E-state index contributed by atoms with van der Waals surface area (Å²) in [6.45, 7) is 4.08. The van der Waals surface area contributed by atoms with Crippen molar-refractivity contribution >= 4 is 50.1 Å². The second-order valence-electron chi connectivity index (χ2n) is 10.3. The number of hydrogen-bond acceptors (Lipinski definition) is 4. The lowest BCUT2D eigenvalue weighted by molar-refractivity contribution is -0.140. The number of rotatable bonds is 13. The van der Waals surface area contributed by atoms with Crippen LogP contribution in [-0.4, -0.2) is 44.3 Å². The average Bonchev–Trinajstić information content (AvgIpc) is 3.02. The Morgan fingerprint density at radius 1 is 0.814 bits per heavy atom. The molecule has 0 radical (unpaired) electrons. The van der Waals surface area contributed by atoms with Gasteiger partial charge in [-0.25, -0.2) is 8.42 Å². The van der Waals surface area contributed by atoms with Gasteiger partial charge in [-0.05, 0) is 83.5 Å². The van der Waals surface area contributed by atoms with E-state index in [0.29, 0.717) is 12.2 Å². The number of benzene rings is 4. The van der Waals surface area contributed by atoms with Gasteiger partial charge in [0, 0.05) is 23.1 Å². The van der Waals surface area contributed by atoms with Gasteiger partial charge in [0.05, 0.1) is 10.6 Å². The predicted molar refractivity (Wildman–Crippen MR) is 179 cm³/mol. The highest BCUT2D eigenvalue weighted by Crippen LogP contribution is 2.26. The van der Waals surface area contributed by atoms with Crippen LogP contribution in [0.25, 0.3) is 0 Å². The summed E-state index contributed by atoms with van der Waals surface area (Å²) in [4.78, 5) is 29.7. The van der Waals surface area contributed by atoms with Crippen LogP contribution in [0.2, 0.25) is 0 Å². The Hall–Kier alpha value is -3.70. The summed E-state index contributed by atoms with van der Waals surface area (Å²) in [5.41, 5.74) is 3.17. The molecule has 1 atom stereocenters. The standard InChI is InChI=1S/C34H36IN3O4S/c1-3-22-36-34(40)32(23-27-10-6-4-7-11-27)37(24-28-16-14-26(2)15-17-28)33(39)25-38(30-20-18-29(35)19-21-30)43(41,42)31-12-8-5-9-13-31/h4-21,32H,3,22-25H2,1-2H3,(H,36,40). The van der Waals surface area contributed by atoms with Crippen molar-refractivity contribution in [2.24, 2.45) is 0 Å². The lowest BCUT2D eigenvalue weighted by Crippen LogP contribution is -2.53. The van der Waals surface area contributed by atoms with Gasteiger partial charge >= 0.3 is 0 Å². The topological polar surface area (TPSA) is 86.8 Å². The monoisotopic (exact) mass is 709 g/mol. The molecule has 1 unspecified atom stereocenters. The van der Waals surface area contributed by atoms with Gasteiger partial charge in [0.2, 0.25) is 11.8 Å². The molecule has 4 aromatic carbocycles. The number of halogens is 1. The first kappa shape index (κ1) is 32.2. The van der Waals surface area contributed by atoms with Gasteiger partial charge in [0.15, 0.2) is 0 Å². The summed E-state index contributed by atoms with van der Waals surface area (Å²) in [7, 11) is -4.11. The van der Waals surface area contributed by atoms with Crippen LogP contribution in [0.4, 0.5) is 5.69 Å². The molecule has 0 bridgehead atoms. The summed E-state index contributed by atoms with van der Waals surface area (Å²) in [6, 6.07) is 31.5. The van der Waals surface area contributed by atoms with Gasteiger partial charge < -0.3 is 10.2 Å². The second-order valence-corrected chi connectivity index (χ2v) is 13.4. The van der Waals surface area contributed by atoms with Crippen molar-refractivity contribution in [1.29, 1.82) is 0 Å². The Kier molecular flexibility index (Phi) is 11.4. The molecule has 7 nitrogen and oxygen atoms in total. The summed E-state index contributed by atoms with van der Waals surface area (Å²) < 4.78 is 30.0. The quantitative estimate of drug-likeness (QED) is 0.174. The molecule has 43 heavy (non-hydrogen) atoms. The van der Waals surface area contributed by atoms with E-state index in [4.69, 9.17) is 0 Å². The Morgan fingerprint density at radius 3 is 2.02 bits per heavy atom. The van der Waals surface area contributed by atoms with Crippen LogP contribution in [-0.2, 0) is 32.6 Å². The minimum Gasteiger partial charge on any atom is -0.354 e. The number of hydrogen-bond donors (Lipinski definition) is 1. The van der Waals surface area contributed by atoms with E-state index in [2.05, 4.69) is 27.9 Å². The van der Waals surface area contributed by atoms with Gasteiger partial charge in [0.1, 0.15) is 12.6 Å². The van der Waals surface area contributed by atoms with Crippen molar-refractivity contribution in [1.82, 2.24) is 10.2 Å². The van der Waals surface area contributed by atoms with Crippen molar-refractivity contribution in [2.75, 3.05) is 17.4 Å². The summed E-state index contributed by atoms with van der Waals surface area (Å²) in [5.74, 6) is -0.760. The highest BCUT2D eigenvalue weighted by molar-refractivity contribution is 14.1. The molecule has 0 aliphatic heterocycles. The predicted octanol–water partition coefficient (Wildman–Crippen LogP) is 5.96. The largest absolute Gasteiger partial charge is 0.354 e. The van der Waals surface area contributed by atoms with Crippen molar-refractivity contribution in [3.63, 3.8) is 0 Å². The number of amides is 2. The van der Waals surface area contributed by atoms with E-state index < -0.39 is 28.5 Å². The van der Waals surface area contributed by atoms with Crippen LogP contribution in [0.5, 0.6) is 0 Å². The molecule has 0 aliphatic rings. The first-order valence-electron chi connectivity index (χ1n) is 14.2. The van der Waals surface area contributed by atoms with Crippen molar-refractivity contribution in [2.45, 2.75) is 44.2 Å². The number of carbonyl (C=O) groups is 2. The van der Waals surface area contributed by atoms with Crippen molar-refractivity contribution in [3.8, 4) is 0 Å². The summed E-state index contributed by atoms with van der Waals surface area (Å²) >= 11 is 2.15. The third kappa shape index (κ3) is 8.67. The highest BCUT2D eigenvalue weighted by Gasteiger charge is 2.34. The molecular weight excluding hydrogens is 673 g/mol. The minimum absolute atomic E-state index is 0.0768. The Labute approximate surface area is 268 Å². The molecule has 1 N–H and O–H groups in total. The molecule has 0 saturated carbocycles. The van der Waals surface area contributed by atoms with Gasteiger partial charge in [-0.1, -0.05) is 85.3 Å². The molecular formula is C34H36IN3O4S. The smallest absolute Gasteiger partial charge is 0.264 e. The van der Waals surface area contributed by atoms with Crippen molar-refractivity contribution < 1.29 is 18.0 Å². The van der Waals surface area contributed by atoms with Crippen LogP contribution in [0, 0.1) is 10.5 Å². The lowest BCUT2D eigenvalue weighted by Gasteiger charge is -2.34. The van der Waals surface area contributed by atoms with Crippen LogP contribution in [0.1, 0.15) is 30.0 Å². The highest BCUT2D eigenvalue weighted by atomic mass is 127. The number of nitrogens with one attached hydrogen (secondary N) is 1. The number of carbonyl (C=O) groups excluding carboxylic acids is 2. The van der Waals surface area contributed by atoms with Gasteiger partial charge in [-0.3, -0.25) is 13.9 Å². The molecule has 4 aromatic rings. The van der Waals surface area contributed by atoms with E-state index >= 15 is 0 Å². The Balaban J connectivity index is 1.78. The third-order valence-electron chi connectivity index (χ3n) is 7.02. The molecule has 0 spiro atoms. The maximum atomic E-state index is 14.4. The molecule has 0 fully saturated rings. The lowest BCUT2D eigenvalue weighted by atomic mass is 10.0. The fraction of sp³-hybridized carbons (Fsp3) is 0.235. The minimum atomic E-state index is -4.11. The summed E-state index contributed by atoms with van der Waals surface area (Å²) in [5, 5.41) is 2.96. The zero-order valence-electron chi connectivity index (χ0n) is 24.3. The first-order valence-corrected chi connectivity index (χ1v) is 16.7. The SMILES string of the molecule is CCCNC(=O)C(Cc1ccccc1)N(Cc1ccc(C)cc1)C(=O)CN(c1ccc(I)cc1)S(=O)(=O)c1ccccc1. The molecule has 0 heterocycles. The molecule has 2 amide bonds. The molecule has 224 valence electrons. The van der Waals surface area contributed by atoms with Crippen molar-refractivity contribution in [3.05, 3.63) is 129 Å². The first-order chi connectivity index (χ1) is 20.7. The van der Waals surface area contributed by atoms with Gasteiger partial charge in [-0.2, -0.15) is 0 Å². The number of anilines is 1. The Bertz CT molecular complexity index is 1600. The van der Waals surface area contributed by atoms with E-state index in [-0.39, 0.29) is 23.8 Å². The maximum Gasteiger partial charge on any atom is 0.264 e. The number of aryl methyl sites for hydroxylation is 1. The van der Waals surface area contributed by atoms with E-state index in [9.17, 15) is 18.0 Å². The van der Waals surface area contributed by atoms with E-state index in [0.717, 1.165) is 31.0 Å². The molecule has 0 aromatic heterocycles. The van der Waals surface area contributed by atoms with Crippen LogP contribution < -0.4 is 9.62 Å². The normalized spacial score (nSPS) is 11.9. The molecule has 0 saturated heterocycles. The van der Waals surface area contributed by atoms with Gasteiger partial charge in [-0.15, -0.1) is 0 Å². The van der Waals surface area contributed by atoms with E-state index in [1.54, 1.807) is 42.5 Å². The van der Waals surface area contributed by atoms with E-state index in [1.165, 1.54) is 17.0 Å². The number of nitrogens with zero attached hydrogens (tertiary/aromatic N) is 2. The second kappa shape index (κ2) is 15.2. The fourth-order valence-electron chi connectivity index (χ4n) is 4.67. The zero-order chi connectivity index (χ0) is 30.8. The number of sulfonamides is 1. The zero-order valence-corrected chi connectivity index (χ0v) is 27.3. The van der Waals surface area contributed by atoms with E-state index in [1.807, 2.05) is 68.4 Å². The third-order valence-corrected chi connectivity index (χ3v) is 9.53. The maximum absolute atomic E-state index is 14.4. The molecule has 0 aliphatic carbocycles. The van der Waals surface area contributed by atoms with Crippen LogP contribution >= 0.6 is 22.6 Å². The van der Waals surface area contributed by atoms with Crippen LogP contribution in [0.15, 0.2) is 114 Å². The van der Waals surface area contributed by atoms with Gasteiger partial charge in [0.25, 0.3) is 10.0 Å². The fourth-order valence-corrected chi connectivity index (χ4v) is 6.46. The van der Waals surface area contributed by atoms with Crippen LogP contribution in [0.3, 0.4) is 0 Å². The Morgan fingerprint density at radius 2 is 1.42 bits per heavy atom. The summed E-state index contributed by atoms with van der Waals surface area (Å²) in [6.07, 6.45) is 1.02.